The summed E-state index contributed by atoms with van der Waals surface area (Å²) in [6, 6.07) is 1.62. The zero-order chi connectivity index (χ0) is 11.3. The van der Waals surface area contributed by atoms with Gasteiger partial charge in [-0.2, -0.15) is 0 Å². The quantitative estimate of drug-likeness (QED) is 0.674. The first-order chi connectivity index (χ1) is 7.17. The average Bonchev–Trinajstić information content (AvgIpc) is 2.73. The van der Waals surface area contributed by atoms with Crippen LogP contribution in [0.1, 0.15) is 49.4 Å². The Morgan fingerprint density at radius 3 is 2.67 bits per heavy atom. The minimum Gasteiger partial charge on any atom is -0.361 e. The van der Waals surface area contributed by atoms with Crippen molar-refractivity contribution in [3.05, 3.63) is 17.5 Å². The molecule has 1 aromatic rings. The van der Waals surface area contributed by atoms with Crippen molar-refractivity contribution in [2.75, 3.05) is 0 Å². The fourth-order valence-corrected chi connectivity index (χ4v) is 1.18. The molecule has 0 aromatic carbocycles. The second-order valence-electron chi connectivity index (χ2n) is 3.35. The molecule has 0 amide bonds. The molecular weight excluding hydrogens is 194 g/mol. The van der Waals surface area contributed by atoms with Crippen LogP contribution in [0.2, 0.25) is 0 Å². The predicted molar refractivity (Wildman–Crippen MR) is 54.7 cm³/mol. The highest BCUT2D eigenvalue weighted by Gasteiger charge is 2.11. The van der Waals surface area contributed by atoms with E-state index in [1.807, 2.05) is 6.92 Å². The first-order valence-electron chi connectivity index (χ1n) is 5.17. The Balaban J connectivity index is 2.53. The summed E-state index contributed by atoms with van der Waals surface area (Å²) >= 11 is 0. The fourth-order valence-electron chi connectivity index (χ4n) is 1.18. The number of rotatable bonds is 6. The van der Waals surface area contributed by atoms with Crippen LogP contribution in [-0.4, -0.2) is 16.7 Å². The molecule has 0 spiro atoms. The number of nitrogens with zero attached hydrogens (tertiary/aromatic N) is 1. The van der Waals surface area contributed by atoms with Gasteiger partial charge in [0.1, 0.15) is 17.2 Å². The molecule has 1 rings (SSSR count). The van der Waals surface area contributed by atoms with Crippen LogP contribution in [0.3, 0.4) is 0 Å². The summed E-state index contributed by atoms with van der Waals surface area (Å²) in [5.74, 6) is 0.759. The van der Waals surface area contributed by atoms with Gasteiger partial charge in [-0.05, 0) is 0 Å². The molecule has 4 heteroatoms. The molecule has 1 aromatic heterocycles. The van der Waals surface area contributed by atoms with E-state index in [0.29, 0.717) is 37.1 Å². The highest BCUT2D eigenvalue weighted by atomic mass is 16.5. The molecule has 0 saturated heterocycles. The van der Waals surface area contributed by atoms with Crippen LogP contribution in [0.4, 0.5) is 0 Å². The van der Waals surface area contributed by atoms with Gasteiger partial charge in [-0.25, -0.2) is 0 Å². The predicted octanol–water partition coefficient (Wildman–Crippen LogP) is 2.18. The summed E-state index contributed by atoms with van der Waals surface area (Å²) in [6.45, 7) is 3.60. The molecule has 0 saturated carbocycles. The minimum absolute atomic E-state index is 0.0354. The molecule has 82 valence electrons. The number of aryl methyl sites for hydroxylation is 1. The number of Topliss-reactive ketones (excluding diaryl/α,β-unsaturated/α-hetero) is 2. The molecule has 0 aliphatic heterocycles. The van der Waals surface area contributed by atoms with E-state index >= 15 is 0 Å². The third-order valence-corrected chi connectivity index (χ3v) is 2.21. The number of hydrogen-bond acceptors (Lipinski definition) is 4. The van der Waals surface area contributed by atoms with E-state index in [2.05, 4.69) is 5.16 Å². The lowest BCUT2D eigenvalue weighted by Crippen LogP contribution is -1.97. The average molecular weight is 209 g/mol. The molecule has 0 N–H and O–H groups in total. The molecule has 0 aliphatic carbocycles. The topological polar surface area (TPSA) is 60.2 Å². The first-order valence-corrected chi connectivity index (χ1v) is 5.17. The first kappa shape index (κ1) is 11.6. The van der Waals surface area contributed by atoms with Crippen LogP contribution >= 0.6 is 0 Å². The molecular formula is C11H15NO3. The van der Waals surface area contributed by atoms with Gasteiger partial charge in [0.2, 0.25) is 0 Å². The Hall–Kier alpha value is -1.45. The van der Waals surface area contributed by atoms with Crippen LogP contribution in [-0.2, 0) is 11.2 Å². The Morgan fingerprint density at radius 2 is 2.07 bits per heavy atom. The monoisotopic (exact) mass is 209 g/mol. The third kappa shape index (κ3) is 3.31. The van der Waals surface area contributed by atoms with Crippen molar-refractivity contribution in [3.8, 4) is 0 Å². The standard InChI is InChI=1S/C11H15NO3/c1-3-8(13)5-6-9-7-10(12-15-9)11(14)4-2/h7H,3-6H2,1-2H3. The maximum atomic E-state index is 11.2. The Morgan fingerprint density at radius 1 is 1.33 bits per heavy atom. The Bertz CT molecular complexity index is 354. The van der Waals surface area contributed by atoms with E-state index in [0.717, 1.165) is 0 Å². The highest BCUT2D eigenvalue weighted by Crippen LogP contribution is 2.09. The van der Waals surface area contributed by atoms with E-state index in [4.69, 9.17) is 4.52 Å². The second kappa shape index (κ2) is 5.44. The van der Waals surface area contributed by atoms with Gasteiger partial charge in [0, 0.05) is 31.7 Å². The summed E-state index contributed by atoms with van der Waals surface area (Å²) in [5.41, 5.74) is 0.358. The molecule has 1 heterocycles. The largest absolute Gasteiger partial charge is 0.361 e. The molecule has 0 atom stereocenters. The van der Waals surface area contributed by atoms with Crippen LogP contribution < -0.4 is 0 Å². The van der Waals surface area contributed by atoms with Crippen molar-refractivity contribution >= 4 is 11.6 Å². The van der Waals surface area contributed by atoms with Crippen molar-refractivity contribution < 1.29 is 14.1 Å². The third-order valence-electron chi connectivity index (χ3n) is 2.21. The number of hydrogen-bond donors (Lipinski definition) is 0. The van der Waals surface area contributed by atoms with Gasteiger partial charge in [0.25, 0.3) is 0 Å². The zero-order valence-electron chi connectivity index (χ0n) is 9.08. The van der Waals surface area contributed by atoms with Gasteiger partial charge in [-0.3, -0.25) is 9.59 Å². The summed E-state index contributed by atoms with van der Waals surface area (Å²) in [7, 11) is 0. The molecule has 15 heavy (non-hydrogen) atoms. The Labute approximate surface area is 88.6 Å². The summed E-state index contributed by atoms with van der Waals surface area (Å²) < 4.78 is 4.96. The fraction of sp³-hybridized carbons (Fsp3) is 0.545. The lowest BCUT2D eigenvalue weighted by Gasteiger charge is -1.92. The highest BCUT2D eigenvalue weighted by molar-refractivity contribution is 5.93. The molecule has 0 fully saturated rings. The normalized spacial score (nSPS) is 10.3. The Kier molecular flexibility index (Phi) is 4.21. The lowest BCUT2D eigenvalue weighted by atomic mass is 10.1. The van der Waals surface area contributed by atoms with Crippen molar-refractivity contribution in [2.24, 2.45) is 0 Å². The SMILES string of the molecule is CCC(=O)CCc1cc(C(=O)CC)no1. The second-order valence-corrected chi connectivity index (χ2v) is 3.35. The number of ketones is 2. The van der Waals surface area contributed by atoms with Gasteiger partial charge >= 0.3 is 0 Å². The number of carbonyl (C=O) groups is 2. The zero-order valence-corrected chi connectivity index (χ0v) is 9.08. The van der Waals surface area contributed by atoms with Crippen LogP contribution in [0.15, 0.2) is 10.6 Å². The molecule has 0 bridgehead atoms. The van der Waals surface area contributed by atoms with Crippen molar-refractivity contribution in [3.63, 3.8) is 0 Å². The van der Waals surface area contributed by atoms with E-state index in [9.17, 15) is 9.59 Å². The van der Waals surface area contributed by atoms with Crippen molar-refractivity contribution in [1.82, 2.24) is 5.16 Å². The molecule has 0 unspecified atom stereocenters. The van der Waals surface area contributed by atoms with Gasteiger partial charge in [0.15, 0.2) is 5.78 Å². The van der Waals surface area contributed by atoms with Crippen LogP contribution in [0.5, 0.6) is 0 Å². The van der Waals surface area contributed by atoms with Crippen LogP contribution in [0, 0.1) is 0 Å². The molecule has 0 aliphatic rings. The summed E-state index contributed by atoms with van der Waals surface area (Å²) in [5, 5.41) is 3.65. The molecule has 4 nitrogen and oxygen atoms in total. The lowest BCUT2D eigenvalue weighted by molar-refractivity contribution is -0.118. The van der Waals surface area contributed by atoms with E-state index in [-0.39, 0.29) is 11.6 Å². The number of aromatic nitrogens is 1. The van der Waals surface area contributed by atoms with Gasteiger partial charge in [-0.1, -0.05) is 19.0 Å². The van der Waals surface area contributed by atoms with E-state index in [1.165, 1.54) is 0 Å². The minimum atomic E-state index is -0.0354. The summed E-state index contributed by atoms with van der Waals surface area (Å²) in [4.78, 5) is 22.3. The maximum Gasteiger partial charge on any atom is 0.184 e. The molecule has 0 radical (unpaired) electrons. The van der Waals surface area contributed by atoms with Gasteiger partial charge < -0.3 is 4.52 Å². The summed E-state index contributed by atoms with van der Waals surface area (Å²) in [6.07, 6.45) is 1.93. The number of carbonyl (C=O) groups excluding carboxylic acids is 2. The van der Waals surface area contributed by atoms with Gasteiger partial charge in [0.05, 0.1) is 0 Å². The van der Waals surface area contributed by atoms with Crippen LogP contribution in [0.25, 0.3) is 0 Å². The maximum absolute atomic E-state index is 11.2. The van der Waals surface area contributed by atoms with Gasteiger partial charge in [-0.15, -0.1) is 0 Å². The smallest absolute Gasteiger partial charge is 0.184 e. The van der Waals surface area contributed by atoms with Crippen molar-refractivity contribution in [1.29, 1.82) is 0 Å². The van der Waals surface area contributed by atoms with E-state index in [1.54, 1.807) is 13.0 Å². The van der Waals surface area contributed by atoms with Crippen molar-refractivity contribution in [2.45, 2.75) is 39.5 Å². The van der Waals surface area contributed by atoms with E-state index < -0.39 is 0 Å².